The Kier molecular flexibility index (Phi) is 5.08. The van der Waals surface area contributed by atoms with Gasteiger partial charge in [-0.25, -0.2) is 13.4 Å². The SMILES string of the molecule is CCC(C)c1ccc(S(=O)(=O)N2CC=C(c3c[nH]c4ncccc34)CC2)cc1. The van der Waals surface area contributed by atoms with Crippen LogP contribution in [0, 0.1) is 0 Å². The van der Waals surface area contributed by atoms with Gasteiger partial charge in [0.1, 0.15) is 5.65 Å². The van der Waals surface area contributed by atoms with E-state index in [9.17, 15) is 8.42 Å². The molecular formula is C22H25N3O2S. The molecule has 2 aromatic heterocycles. The first-order valence-corrected chi connectivity index (χ1v) is 11.2. The van der Waals surface area contributed by atoms with Gasteiger partial charge >= 0.3 is 0 Å². The Morgan fingerprint density at radius 1 is 1.21 bits per heavy atom. The maximum absolute atomic E-state index is 13.0. The molecule has 1 aliphatic heterocycles. The lowest BCUT2D eigenvalue weighted by Crippen LogP contribution is -2.34. The van der Waals surface area contributed by atoms with Gasteiger partial charge in [0.25, 0.3) is 0 Å². The zero-order valence-corrected chi connectivity index (χ0v) is 17.0. The number of pyridine rings is 1. The third-order valence-corrected chi connectivity index (χ3v) is 7.55. The molecule has 3 heterocycles. The Hall–Kier alpha value is -2.44. The molecular weight excluding hydrogens is 370 g/mol. The Morgan fingerprint density at radius 2 is 2.00 bits per heavy atom. The molecule has 0 saturated heterocycles. The van der Waals surface area contributed by atoms with Crippen LogP contribution in [-0.2, 0) is 10.0 Å². The minimum absolute atomic E-state index is 0.368. The summed E-state index contributed by atoms with van der Waals surface area (Å²) in [5, 5.41) is 1.07. The van der Waals surface area contributed by atoms with Crippen LogP contribution in [0.5, 0.6) is 0 Å². The lowest BCUT2D eigenvalue weighted by atomic mass is 9.99. The second kappa shape index (κ2) is 7.53. The predicted molar refractivity (Wildman–Crippen MR) is 113 cm³/mol. The monoisotopic (exact) mass is 395 g/mol. The van der Waals surface area contributed by atoms with Crippen molar-refractivity contribution in [2.75, 3.05) is 13.1 Å². The Balaban J connectivity index is 1.55. The van der Waals surface area contributed by atoms with Crippen LogP contribution in [0.25, 0.3) is 16.6 Å². The molecule has 4 rings (SSSR count). The highest BCUT2D eigenvalue weighted by Crippen LogP contribution is 2.30. The van der Waals surface area contributed by atoms with Gasteiger partial charge in [0.05, 0.1) is 4.90 Å². The van der Waals surface area contributed by atoms with Crippen molar-refractivity contribution in [3.05, 3.63) is 66.0 Å². The minimum Gasteiger partial charge on any atom is -0.346 e. The van der Waals surface area contributed by atoms with E-state index in [0.717, 1.165) is 28.6 Å². The summed E-state index contributed by atoms with van der Waals surface area (Å²) in [6.07, 6.45) is 7.46. The highest BCUT2D eigenvalue weighted by molar-refractivity contribution is 7.89. The summed E-state index contributed by atoms with van der Waals surface area (Å²) < 4.78 is 27.6. The van der Waals surface area contributed by atoms with Crippen LogP contribution < -0.4 is 0 Å². The quantitative estimate of drug-likeness (QED) is 0.689. The van der Waals surface area contributed by atoms with Gasteiger partial charge in [-0.1, -0.05) is 32.1 Å². The average molecular weight is 396 g/mol. The van der Waals surface area contributed by atoms with Gasteiger partial charge in [-0.2, -0.15) is 4.31 Å². The van der Waals surface area contributed by atoms with Gasteiger partial charge in [-0.05, 0) is 54.2 Å². The molecule has 1 unspecified atom stereocenters. The fourth-order valence-electron chi connectivity index (χ4n) is 3.69. The molecule has 1 atom stereocenters. The number of sulfonamides is 1. The molecule has 0 saturated carbocycles. The number of hydrogen-bond donors (Lipinski definition) is 1. The molecule has 3 aromatic rings. The largest absolute Gasteiger partial charge is 0.346 e. The molecule has 1 aliphatic rings. The fraction of sp³-hybridized carbons (Fsp3) is 0.318. The lowest BCUT2D eigenvalue weighted by Gasteiger charge is -2.26. The van der Waals surface area contributed by atoms with Gasteiger partial charge in [-0.15, -0.1) is 0 Å². The molecule has 0 bridgehead atoms. The van der Waals surface area contributed by atoms with Crippen molar-refractivity contribution >= 4 is 26.6 Å². The van der Waals surface area contributed by atoms with E-state index in [1.54, 1.807) is 22.6 Å². The van der Waals surface area contributed by atoms with Crippen molar-refractivity contribution in [2.24, 2.45) is 0 Å². The summed E-state index contributed by atoms with van der Waals surface area (Å²) in [5.41, 5.74) is 4.31. The van der Waals surface area contributed by atoms with Crippen LogP contribution >= 0.6 is 0 Å². The van der Waals surface area contributed by atoms with Gasteiger partial charge in [0, 0.05) is 36.4 Å². The number of nitrogens with one attached hydrogen (secondary N) is 1. The summed E-state index contributed by atoms with van der Waals surface area (Å²) in [4.78, 5) is 7.88. The van der Waals surface area contributed by atoms with Crippen molar-refractivity contribution in [3.63, 3.8) is 0 Å². The van der Waals surface area contributed by atoms with E-state index in [0.29, 0.717) is 30.3 Å². The van der Waals surface area contributed by atoms with Crippen LogP contribution in [0.3, 0.4) is 0 Å². The standard InChI is InChI=1S/C22H25N3O2S/c1-3-16(2)17-6-8-19(9-7-17)28(26,27)25-13-10-18(11-14-25)21-15-24-22-20(21)5-4-12-23-22/h4-10,12,15-16H,3,11,13-14H2,1-2H3,(H,23,24). The van der Waals surface area contributed by atoms with Gasteiger partial charge < -0.3 is 4.98 Å². The van der Waals surface area contributed by atoms with Crippen LogP contribution in [0.15, 0.2) is 59.8 Å². The van der Waals surface area contributed by atoms with E-state index < -0.39 is 10.0 Å². The molecule has 0 amide bonds. The molecule has 6 heteroatoms. The molecule has 0 spiro atoms. The molecule has 1 aromatic carbocycles. The Bertz CT molecular complexity index is 1110. The molecule has 5 nitrogen and oxygen atoms in total. The fourth-order valence-corrected chi connectivity index (χ4v) is 5.07. The number of fused-ring (bicyclic) bond motifs is 1. The van der Waals surface area contributed by atoms with Gasteiger partial charge in [0.2, 0.25) is 10.0 Å². The van der Waals surface area contributed by atoms with Crippen LogP contribution in [-0.4, -0.2) is 35.8 Å². The maximum Gasteiger partial charge on any atom is 0.243 e. The molecule has 146 valence electrons. The summed E-state index contributed by atoms with van der Waals surface area (Å²) in [7, 11) is -3.48. The first-order chi connectivity index (χ1) is 13.5. The number of rotatable bonds is 5. The number of aromatic nitrogens is 2. The molecule has 1 N–H and O–H groups in total. The van der Waals surface area contributed by atoms with Crippen molar-refractivity contribution < 1.29 is 8.42 Å². The highest BCUT2D eigenvalue weighted by atomic mass is 32.2. The number of H-pyrrole nitrogens is 1. The number of nitrogens with zero attached hydrogens (tertiary/aromatic N) is 2. The normalized spacial score (nSPS) is 16.9. The molecule has 0 fully saturated rings. The minimum atomic E-state index is -3.48. The van der Waals surface area contributed by atoms with Crippen LogP contribution in [0.1, 0.15) is 43.7 Å². The molecule has 28 heavy (non-hydrogen) atoms. The summed E-state index contributed by atoms with van der Waals surface area (Å²) >= 11 is 0. The van der Waals surface area contributed by atoms with E-state index >= 15 is 0 Å². The van der Waals surface area contributed by atoms with Crippen molar-refractivity contribution in [2.45, 2.75) is 37.5 Å². The van der Waals surface area contributed by atoms with Gasteiger partial charge in [0.15, 0.2) is 0 Å². The average Bonchev–Trinajstić information content (AvgIpc) is 3.17. The summed E-state index contributed by atoms with van der Waals surface area (Å²) in [6, 6.07) is 11.3. The smallest absolute Gasteiger partial charge is 0.243 e. The predicted octanol–water partition coefficient (Wildman–Crippen LogP) is 4.55. The van der Waals surface area contributed by atoms with Crippen LogP contribution in [0.4, 0.5) is 0 Å². The maximum atomic E-state index is 13.0. The molecule has 0 aliphatic carbocycles. The van der Waals surface area contributed by atoms with Gasteiger partial charge in [-0.3, -0.25) is 0 Å². The van der Waals surface area contributed by atoms with E-state index in [1.807, 2.05) is 36.5 Å². The van der Waals surface area contributed by atoms with Crippen LogP contribution in [0.2, 0.25) is 0 Å². The summed E-state index contributed by atoms with van der Waals surface area (Å²) in [5.74, 6) is 0.433. The van der Waals surface area contributed by atoms with E-state index in [-0.39, 0.29) is 0 Å². The first-order valence-electron chi connectivity index (χ1n) is 9.72. The zero-order chi connectivity index (χ0) is 19.7. The van der Waals surface area contributed by atoms with Crippen molar-refractivity contribution in [1.29, 1.82) is 0 Å². The Morgan fingerprint density at radius 3 is 2.68 bits per heavy atom. The second-order valence-electron chi connectivity index (χ2n) is 7.32. The van der Waals surface area contributed by atoms with Crippen molar-refractivity contribution in [1.82, 2.24) is 14.3 Å². The number of hydrogen-bond acceptors (Lipinski definition) is 3. The topological polar surface area (TPSA) is 66.1 Å². The Labute approximate surface area is 166 Å². The van der Waals surface area contributed by atoms with E-state index in [1.165, 1.54) is 5.56 Å². The lowest BCUT2D eigenvalue weighted by molar-refractivity contribution is 0.441. The zero-order valence-electron chi connectivity index (χ0n) is 16.2. The van der Waals surface area contributed by atoms with Crippen molar-refractivity contribution in [3.8, 4) is 0 Å². The van der Waals surface area contributed by atoms with E-state index in [2.05, 4.69) is 23.8 Å². The third kappa shape index (κ3) is 3.38. The van der Waals surface area contributed by atoms with E-state index in [4.69, 9.17) is 0 Å². The number of benzene rings is 1. The number of aromatic amines is 1. The first kappa shape index (κ1) is 18.9. The highest BCUT2D eigenvalue weighted by Gasteiger charge is 2.27. The second-order valence-corrected chi connectivity index (χ2v) is 9.26. The third-order valence-electron chi connectivity index (χ3n) is 5.67. The summed E-state index contributed by atoms with van der Waals surface area (Å²) in [6.45, 7) is 5.16. The molecule has 0 radical (unpaired) electrons.